The number of carbonyl (C=O) groups is 1. The van der Waals surface area contributed by atoms with Gasteiger partial charge in [0, 0.05) is 18.1 Å². The summed E-state index contributed by atoms with van der Waals surface area (Å²) >= 11 is 1.55. The molecule has 0 N–H and O–H groups in total. The fourth-order valence-electron chi connectivity index (χ4n) is 3.44. The van der Waals surface area contributed by atoms with Crippen molar-refractivity contribution in [3.63, 3.8) is 0 Å². The van der Waals surface area contributed by atoms with E-state index >= 15 is 0 Å². The molecule has 120 valence electrons. The Bertz CT molecular complexity index is 662. The Labute approximate surface area is 138 Å². The van der Waals surface area contributed by atoms with E-state index in [-0.39, 0.29) is 24.2 Å². The number of pyridine rings is 1. The van der Waals surface area contributed by atoms with E-state index in [1.807, 2.05) is 33.9 Å². The molecule has 2 aliphatic rings. The summed E-state index contributed by atoms with van der Waals surface area (Å²) in [5.41, 5.74) is 0.771. The van der Waals surface area contributed by atoms with Crippen molar-refractivity contribution in [1.82, 2.24) is 9.88 Å². The molecule has 1 aliphatic heterocycles. The van der Waals surface area contributed by atoms with Crippen LogP contribution >= 0.6 is 11.3 Å². The summed E-state index contributed by atoms with van der Waals surface area (Å²) < 4.78 is 12.0. The number of nitrogens with zero attached hydrogens (tertiary/aromatic N) is 2. The monoisotopic (exact) mass is 330 g/mol. The van der Waals surface area contributed by atoms with Crippen LogP contribution in [-0.4, -0.2) is 47.2 Å². The Morgan fingerprint density at radius 2 is 2.35 bits per heavy atom. The first-order valence-corrected chi connectivity index (χ1v) is 8.78. The third kappa shape index (κ3) is 2.84. The van der Waals surface area contributed by atoms with Crippen LogP contribution in [0.5, 0.6) is 5.75 Å². The average Bonchev–Trinajstić information content (AvgIpc) is 3.25. The highest BCUT2D eigenvalue weighted by Gasteiger charge is 2.45. The first-order valence-electron chi connectivity index (χ1n) is 7.84. The minimum absolute atomic E-state index is 0.0257. The van der Waals surface area contributed by atoms with Gasteiger partial charge in [-0.2, -0.15) is 11.3 Å². The Kier molecular flexibility index (Phi) is 4.01. The van der Waals surface area contributed by atoms with E-state index in [9.17, 15) is 4.79 Å². The van der Waals surface area contributed by atoms with Gasteiger partial charge in [-0.25, -0.2) is 0 Å². The van der Waals surface area contributed by atoms with Crippen LogP contribution in [0.25, 0.3) is 0 Å². The van der Waals surface area contributed by atoms with Crippen LogP contribution in [0.2, 0.25) is 0 Å². The molecule has 2 aromatic heterocycles. The summed E-state index contributed by atoms with van der Waals surface area (Å²) in [6, 6.07) is 5.74. The number of hydrogen-bond acceptors (Lipinski definition) is 5. The van der Waals surface area contributed by atoms with Crippen molar-refractivity contribution in [3.05, 3.63) is 46.9 Å². The second kappa shape index (κ2) is 6.29. The lowest BCUT2D eigenvalue weighted by molar-refractivity contribution is -0.0786. The van der Waals surface area contributed by atoms with E-state index in [1.54, 1.807) is 23.7 Å². The summed E-state index contributed by atoms with van der Waals surface area (Å²) in [6.45, 7) is 1.21. The number of hydrogen-bond donors (Lipinski definition) is 0. The molecule has 1 saturated heterocycles. The van der Waals surface area contributed by atoms with Crippen molar-refractivity contribution in [1.29, 1.82) is 0 Å². The van der Waals surface area contributed by atoms with Crippen molar-refractivity contribution >= 4 is 17.2 Å². The molecular formula is C17H18N2O3S. The number of morpholine rings is 1. The topological polar surface area (TPSA) is 51.7 Å². The lowest BCUT2D eigenvalue weighted by Gasteiger charge is -2.38. The summed E-state index contributed by atoms with van der Waals surface area (Å²) in [6.07, 6.45) is 5.14. The van der Waals surface area contributed by atoms with Gasteiger partial charge in [-0.3, -0.25) is 9.78 Å². The fraction of sp³-hybridized carbons (Fsp3) is 0.412. The van der Waals surface area contributed by atoms with Gasteiger partial charge in [0.05, 0.1) is 24.4 Å². The predicted molar refractivity (Wildman–Crippen MR) is 86.8 cm³/mol. The smallest absolute Gasteiger partial charge is 0.255 e. The van der Waals surface area contributed by atoms with Gasteiger partial charge in [-0.05, 0) is 36.4 Å². The van der Waals surface area contributed by atoms with Crippen LogP contribution in [0.1, 0.15) is 23.2 Å². The van der Waals surface area contributed by atoms with E-state index in [4.69, 9.17) is 9.47 Å². The summed E-state index contributed by atoms with van der Waals surface area (Å²) in [5, 5.41) is 3.85. The maximum Gasteiger partial charge on any atom is 0.255 e. The molecule has 1 aliphatic carbocycles. The maximum absolute atomic E-state index is 12.7. The van der Waals surface area contributed by atoms with Crippen LogP contribution in [0.15, 0.2) is 41.4 Å². The van der Waals surface area contributed by atoms with Gasteiger partial charge in [0.25, 0.3) is 5.91 Å². The van der Waals surface area contributed by atoms with Crippen LogP contribution in [0, 0.1) is 0 Å². The fourth-order valence-corrected chi connectivity index (χ4v) is 4.07. The highest BCUT2D eigenvalue weighted by molar-refractivity contribution is 7.08. The zero-order valence-corrected chi connectivity index (χ0v) is 13.4. The minimum Gasteiger partial charge on any atom is -0.486 e. The van der Waals surface area contributed by atoms with Gasteiger partial charge < -0.3 is 14.4 Å². The molecule has 5 nitrogen and oxygen atoms in total. The number of aromatic nitrogens is 1. The van der Waals surface area contributed by atoms with E-state index in [0.29, 0.717) is 13.2 Å². The highest BCUT2D eigenvalue weighted by atomic mass is 32.1. The second-order valence-electron chi connectivity index (χ2n) is 5.84. The zero-order valence-electron chi connectivity index (χ0n) is 12.6. The lowest BCUT2D eigenvalue weighted by Crippen LogP contribution is -2.54. The highest BCUT2D eigenvalue weighted by Crippen LogP contribution is 2.33. The van der Waals surface area contributed by atoms with Gasteiger partial charge in [-0.15, -0.1) is 0 Å². The summed E-state index contributed by atoms with van der Waals surface area (Å²) in [7, 11) is 0. The van der Waals surface area contributed by atoms with E-state index < -0.39 is 0 Å². The Hall–Kier alpha value is -1.92. The van der Waals surface area contributed by atoms with Crippen molar-refractivity contribution in [2.75, 3.05) is 13.2 Å². The van der Waals surface area contributed by atoms with Crippen LogP contribution in [-0.2, 0) is 4.74 Å². The molecule has 2 aromatic rings. The quantitative estimate of drug-likeness (QED) is 0.868. The SMILES string of the molecule is O=C(c1ccsc1)N1CCO[C@H]2[C@H]1CC[C@H]2Oc1cccnc1. The Morgan fingerprint density at radius 3 is 3.13 bits per heavy atom. The standard InChI is InChI=1S/C17H18N2O3S/c20-17(12-5-9-23-11-12)19-7-8-21-16-14(19)3-4-15(16)22-13-2-1-6-18-10-13/h1-2,5-6,9-11,14-16H,3-4,7-8H2/t14-,15-,16+/m1/s1. The molecule has 1 saturated carbocycles. The molecule has 3 atom stereocenters. The number of ether oxygens (including phenoxy) is 2. The molecule has 2 fully saturated rings. The number of amides is 1. The molecule has 0 radical (unpaired) electrons. The van der Waals surface area contributed by atoms with Crippen molar-refractivity contribution in [2.24, 2.45) is 0 Å². The molecule has 0 aromatic carbocycles. The molecule has 6 heteroatoms. The minimum atomic E-state index is -0.0634. The first-order chi connectivity index (χ1) is 11.3. The van der Waals surface area contributed by atoms with Crippen LogP contribution < -0.4 is 4.74 Å². The maximum atomic E-state index is 12.7. The average molecular weight is 330 g/mol. The number of rotatable bonds is 3. The molecular weight excluding hydrogens is 312 g/mol. The van der Waals surface area contributed by atoms with E-state index in [2.05, 4.69) is 4.98 Å². The second-order valence-corrected chi connectivity index (χ2v) is 6.62. The number of fused-ring (bicyclic) bond motifs is 1. The Morgan fingerprint density at radius 1 is 1.39 bits per heavy atom. The molecule has 0 bridgehead atoms. The van der Waals surface area contributed by atoms with Gasteiger partial charge in [0.15, 0.2) is 0 Å². The molecule has 0 spiro atoms. The molecule has 0 unspecified atom stereocenters. The Balaban J connectivity index is 1.49. The summed E-state index contributed by atoms with van der Waals surface area (Å²) in [4.78, 5) is 18.7. The van der Waals surface area contributed by atoms with Crippen molar-refractivity contribution in [3.8, 4) is 5.75 Å². The van der Waals surface area contributed by atoms with Gasteiger partial charge in [-0.1, -0.05) is 0 Å². The normalized spacial score (nSPS) is 26.8. The van der Waals surface area contributed by atoms with Crippen molar-refractivity contribution in [2.45, 2.75) is 31.1 Å². The third-order valence-electron chi connectivity index (χ3n) is 4.49. The number of thiophene rings is 1. The summed E-state index contributed by atoms with van der Waals surface area (Å²) in [5.74, 6) is 0.856. The van der Waals surface area contributed by atoms with Gasteiger partial charge >= 0.3 is 0 Å². The van der Waals surface area contributed by atoms with Crippen molar-refractivity contribution < 1.29 is 14.3 Å². The third-order valence-corrected chi connectivity index (χ3v) is 5.17. The van der Waals surface area contributed by atoms with Crippen LogP contribution in [0.3, 0.4) is 0 Å². The number of carbonyl (C=O) groups excluding carboxylic acids is 1. The van der Waals surface area contributed by atoms with Crippen LogP contribution in [0.4, 0.5) is 0 Å². The van der Waals surface area contributed by atoms with E-state index in [1.165, 1.54) is 0 Å². The predicted octanol–water partition coefficient (Wildman–Crippen LogP) is 2.59. The first kappa shape index (κ1) is 14.7. The largest absolute Gasteiger partial charge is 0.486 e. The van der Waals surface area contributed by atoms with Gasteiger partial charge in [0.2, 0.25) is 0 Å². The lowest BCUT2D eigenvalue weighted by atomic mass is 10.1. The molecule has 3 heterocycles. The molecule has 4 rings (SSSR count). The van der Waals surface area contributed by atoms with Gasteiger partial charge in [0.1, 0.15) is 18.0 Å². The zero-order chi connectivity index (χ0) is 15.6. The van der Waals surface area contributed by atoms with E-state index in [0.717, 1.165) is 24.2 Å². The molecule has 1 amide bonds. The molecule has 23 heavy (non-hydrogen) atoms.